The highest BCUT2D eigenvalue weighted by Crippen LogP contribution is 1.85. The van der Waals surface area contributed by atoms with Crippen LogP contribution < -0.4 is 5.32 Å². The van der Waals surface area contributed by atoms with Gasteiger partial charge in [0.2, 0.25) is 0 Å². The van der Waals surface area contributed by atoms with Gasteiger partial charge in [-0.3, -0.25) is 4.79 Å². The van der Waals surface area contributed by atoms with Crippen LogP contribution in [0.1, 0.15) is 6.42 Å². The van der Waals surface area contributed by atoms with E-state index in [1.807, 2.05) is 0 Å². The second kappa shape index (κ2) is 27.8. The van der Waals surface area contributed by atoms with Gasteiger partial charge in [0.15, 0.2) is 0 Å². The highest BCUT2D eigenvalue weighted by Gasteiger charge is 1.96. The van der Waals surface area contributed by atoms with Crippen LogP contribution >= 0.6 is 12.4 Å². The Labute approximate surface area is 183 Å². The van der Waals surface area contributed by atoms with E-state index in [4.69, 9.17) is 39.1 Å². The zero-order valence-electron chi connectivity index (χ0n) is 17.4. The van der Waals surface area contributed by atoms with Gasteiger partial charge in [0.05, 0.1) is 85.7 Å². The zero-order chi connectivity index (χ0) is 21.3. The quantitative estimate of drug-likeness (QED) is 0.0927. The number of hydrogen-bond donors (Lipinski definition) is 2. The van der Waals surface area contributed by atoms with Crippen molar-refractivity contribution in [2.75, 3.05) is 98.9 Å². The van der Waals surface area contributed by atoms with Crippen LogP contribution in [-0.2, 0) is 33.2 Å². The van der Waals surface area contributed by atoms with Crippen LogP contribution in [0.3, 0.4) is 0 Å². The third-order valence-electron chi connectivity index (χ3n) is 3.19. The first kappa shape index (κ1) is 31.0. The van der Waals surface area contributed by atoms with Crippen molar-refractivity contribution in [3.63, 3.8) is 0 Å². The predicted molar refractivity (Wildman–Crippen MR) is 111 cm³/mol. The summed E-state index contributed by atoms with van der Waals surface area (Å²) in [5.74, 6) is -0.871. The van der Waals surface area contributed by atoms with Crippen LogP contribution in [0.25, 0.3) is 10.4 Å². The summed E-state index contributed by atoms with van der Waals surface area (Å²) in [7, 11) is 0. The highest BCUT2D eigenvalue weighted by atomic mass is 35.5. The van der Waals surface area contributed by atoms with Gasteiger partial charge in [-0.15, -0.1) is 12.4 Å². The number of hydrogen-bond acceptors (Lipinski definition) is 9. The van der Waals surface area contributed by atoms with E-state index in [9.17, 15) is 4.79 Å². The standard InChI is InChI=1S/C17H34N4O8.ClH/c18-21-20-4-8-27-11-10-25-6-2-19-3-7-26-12-14-29-16-15-28-13-9-24-5-1-17(22)23;/h19H,1-16H2,(H,22,23);1H. The number of nitrogens with zero attached hydrogens (tertiary/aromatic N) is 3. The van der Waals surface area contributed by atoms with Crippen LogP contribution in [0.4, 0.5) is 0 Å². The van der Waals surface area contributed by atoms with E-state index in [0.29, 0.717) is 79.2 Å². The fourth-order valence-electron chi connectivity index (χ4n) is 1.81. The average molecular weight is 459 g/mol. The molecule has 13 heteroatoms. The van der Waals surface area contributed by atoms with Crippen LogP contribution in [0.2, 0.25) is 0 Å². The molecule has 0 saturated carbocycles. The molecule has 0 bridgehead atoms. The molecule has 0 aromatic carbocycles. The molecular weight excluding hydrogens is 424 g/mol. The Hall–Kier alpha value is -1.21. The molecule has 178 valence electrons. The van der Waals surface area contributed by atoms with Crippen LogP contribution in [0, 0.1) is 0 Å². The minimum Gasteiger partial charge on any atom is -0.481 e. The maximum absolute atomic E-state index is 10.3. The maximum Gasteiger partial charge on any atom is 0.305 e. The molecule has 0 aromatic heterocycles. The van der Waals surface area contributed by atoms with Gasteiger partial charge >= 0.3 is 5.97 Å². The number of nitrogens with one attached hydrogen (secondary N) is 1. The van der Waals surface area contributed by atoms with E-state index in [1.54, 1.807) is 0 Å². The molecule has 0 atom stereocenters. The molecule has 0 rings (SSSR count). The van der Waals surface area contributed by atoms with Gasteiger partial charge in [0.25, 0.3) is 0 Å². The second-order valence-electron chi connectivity index (χ2n) is 5.52. The summed E-state index contributed by atoms with van der Waals surface area (Å²) < 4.78 is 31.7. The molecule has 0 aromatic rings. The molecule has 0 radical (unpaired) electrons. The predicted octanol–water partition coefficient (Wildman–Crippen LogP) is 0.882. The Balaban J connectivity index is 0. The number of aliphatic carboxylic acids is 1. The van der Waals surface area contributed by atoms with Crippen molar-refractivity contribution in [2.24, 2.45) is 5.11 Å². The molecule has 0 fully saturated rings. The monoisotopic (exact) mass is 458 g/mol. The first-order valence-corrected chi connectivity index (χ1v) is 9.67. The molecule has 30 heavy (non-hydrogen) atoms. The molecular formula is C17H35ClN4O8. The summed E-state index contributed by atoms with van der Waals surface area (Å²) in [6.07, 6.45) is 0.00405. The van der Waals surface area contributed by atoms with Crippen molar-refractivity contribution in [3.8, 4) is 0 Å². The summed E-state index contributed by atoms with van der Waals surface area (Å²) in [6, 6.07) is 0. The molecule has 0 aliphatic heterocycles. The third kappa shape index (κ3) is 29.0. The number of carboxylic acid groups (broad SMARTS) is 1. The molecule has 0 unspecified atom stereocenters. The Morgan fingerprint density at radius 1 is 0.733 bits per heavy atom. The number of carbonyl (C=O) groups is 1. The molecule has 0 spiro atoms. The summed E-state index contributed by atoms with van der Waals surface area (Å²) >= 11 is 0. The molecule has 0 aliphatic rings. The molecule has 0 heterocycles. The lowest BCUT2D eigenvalue weighted by atomic mass is 10.5. The normalized spacial score (nSPS) is 10.4. The first-order chi connectivity index (χ1) is 14.3. The Morgan fingerprint density at radius 2 is 1.13 bits per heavy atom. The van der Waals surface area contributed by atoms with E-state index < -0.39 is 5.97 Å². The van der Waals surface area contributed by atoms with Crippen molar-refractivity contribution in [1.82, 2.24) is 5.32 Å². The van der Waals surface area contributed by atoms with Gasteiger partial charge in [-0.1, -0.05) is 5.11 Å². The summed E-state index contributed by atoms with van der Waals surface area (Å²) in [4.78, 5) is 12.9. The minimum atomic E-state index is -0.871. The van der Waals surface area contributed by atoms with E-state index in [1.165, 1.54) is 0 Å². The molecule has 0 amide bonds. The lowest BCUT2D eigenvalue weighted by Gasteiger charge is -2.08. The van der Waals surface area contributed by atoms with E-state index in [-0.39, 0.29) is 25.4 Å². The number of ether oxygens (including phenoxy) is 6. The lowest BCUT2D eigenvalue weighted by molar-refractivity contribution is -0.138. The smallest absolute Gasteiger partial charge is 0.305 e. The SMILES string of the molecule is Cl.[N-]=[N+]=NCCOCCOCCNCCOCCOCCOCCOCCC(=O)O. The second-order valence-corrected chi connectivity index (χ2v) is 5.52. The van der Waals surface area contributed by atoms with Gasteiger partial charge < -0.3 is 38.8 Å². The van der Waals surface area contributed by atoms with E-state index in [2.05, 4.69) is 15.3 Å². The topological polar surface area (TPSA) is 153 Å². The van der Waals surface area contributed by atoms with Crippen LogP contribution in [0.15, 0.2) is 5.11 Å². The fourth-order valence-corrected chi connectivity index (χ4v) is 1.81. The van der Waals surface area contributed by atoms with Gasteiger partial charge in [-0.2, -0.15) is 0 Å². The molecule has 2 N–H and O–H groups in total. The minimum absolute atomic E-state index is 0. The van der Waals surface area contributed by atoms with Crippen molar-refractivity contribution in [3.05, 3.63) is 10.4 Å². The summed E-state index contributed by atoms with van der Waals surface area (Å²) in [6.45, 7) is 7.33. The third-order valence-corrected chi connectivity index (χ3v) is 3.19. The highest BCUT2D eigenvalue weighted by molar-refractivity contribution is 5.85. The van der Waals surface area contributed by atoms with Crippen molar-refractivity contribution in [2.45, 2.75) is 6.42 Å². The number of azide groups is 1. The first-order valence-electron chi connectivity index (χ1n) is 9.67. The Bertz CT molecular complexity index is 395. The average Bonchev–Trinajstić information content (AvgIpc) is 2.71. The van der Waals surface area contributed by atoms with Crippen molar-refractivity contribution >= 4 is 18.4 Å². The fraction of sp³-hybridized carbons (Fsp3) is 0.941. The molecule has 0 saturated heterocycles. The summed E-state index contributed by atoms with van der Waals surface area (Å²) in [5.41, 5.74) is 8.09. The Morgan fingerprint density at radius 3 is 1.57 bits per heavy atom. The molecule has 0 aliphatic carbocycles. The maximum atomic E-state index is 10.3. The van der Waals surface area contributed by atoms with Crippen LogP contribution in [-0.4, -0.2) is 110 Å². The number of halogens is 1. The Kier molecular flexibility index (Phi) is 28.7. The van der Waals surface area contributed by atoms with Crippen LogP contribution in [0.5, 0.6) is 0 Å². The van der Waals surface area contributed by atoms with Crippen molar-refractivity contribution in [1.29, 1.82) is 0 Å². The van der Waals surface area contributed by atoms with Gasteiger partial charge in [0, 0.05) is 24.5 Å². The van der Waals surface area contributed by atoms with Crippen molar-refractivity contribution < 1.29 is 38.3 Å². The summed E-state index contributed by atoms with van der Waals surface area (Å²) in [5, 5.41) is 15.0. The lowest BCUT2D eigenvalue weighted by Crippen LogP contribution is -2.25. The zero-order valence-corrected chi connectivity index (χ0v) is 18.2. The van der Waals surface area contributed by atoms with Gasteiger partial charge in [0.1, 0.15) is 0 Å². The number of rotatable bonds is 24. The van der Waals surface area contributed by atoms with Gasteiger partial charge in [-0.25, -0.2) is 0 Å². The largest absolute Gasteiger partial charge is 0.481 e. The molecule has 12 nitrogen and oxygen atoms in total. The number of carboxylic acids is 1. The van der Waals surface area contributed by atoms with Gasteiger partial charge in [-0.05, 0) is 5.53 Å². The van der Waals surface area contributed by atoms with E-state index in [0.717, 1.165) is 13.1 Å². The van der Waals surface area contributed by atoms with E-state index >= 15 is 0 Å².